The normalized spacial score (nSPS) is 15.6. The van der Waals surface area contributed by atoms with Gasteiger partial charge in [0.15, 0.2) is 11.5 Å². The molecule has 1 N–H and O–H groups in total. The van der Waals surface area contributed by atoms with Crippen LogP contribution in [0.25, 0.3) is 6.08 Å². The van der Waals surface area contributed by atoms with E-state index in [4.69, 9.17) is 21.1 Å². The van der Waals surface area contributed by atoms with E-state index in [0.717, 1.165) is 29.8 Å². The van der Waals surface area contributed by atoms with Gasteiger partial charge in [-0.1, -0.05) is 23.7 Å². The van der Waals surface area contributed by atoms with Crippen LogP contribution in [-0.2, 0) is 16.0 Å². The van der Waals surface area contributed by atoms with Crippen molar-refractivity contribution >= 4 is 35.2 Å². The first-order valence-electron chi connectivity index (χ1n) is 10.0. The molecule has 2 amide bonds. The largest absolute Gasteiger partial charge is 0.486 e. The average molecular weight is 427 g/mol. The number of nitrogens with one attached hydrogen (secondary N) is 1. The Bertz CT molecular complexity index is 972. The SMILES string of the molecule is O=C(/C=C/c1ccc(N2CCCC2=O)cc1)NCCc1cc(Cl)c2c(c1)OCCO2. The number of fused-ring (bicyclic) bond motifs is 1. The van der Waals surface area contributed by atoms with Crippen LogP contribution in [0.1, 0.15) is 24.0 Å². The summed E-state index contributed by atoms with van der Waals surface area (Å²) in [6.07, 6.45) is 5.41. The summed E-state index contributed by atoms with van der Waals surface area (Å²) in [5.41, 5.74) is 2.77. The smallest absolute Gasteiger partial charge is 0.244 e. The van der Waals surface area contributed by atoms with Gasteiger partial charge in [-0.2, -0.15) is 0 Å². The Morgan fingerprint density at radius 1 is 1.17 bits per heavy atom. The fraction of sp³-hybridized carbons (Fsp3) is 0.304. The molecule has 0 atom stereocenters. The molecule has 6 nitrogen and oxygen atoms in total. The lowest BCUT2D eigenvalue weighted by molar-refractivity contribution is -0.117. The summed E-state index contributed by atoms with van der Waals surface area (Å²) in [6.45, 7) is 2.25. The molecule has 0 aliphatic carbocycles. The van der Waals surface area contributed by atoms with Crippen molar-refractivity contribution in [3.8, 4) is 11.5 Å². The number of anilines is 1. The van der Waals surface area contributed by atoms with Gasteiger partial charge in [0.2, 0.25) is 11.8 Å². The van der Waals surface area contributed by atoms with E-state index in [1.54, 1.807) is 11.0 Å². The van der Waals surface area contributed by atoms with Crippen LogP contribution in [0.4, 0.5) is 5.69 Å². The number of hydrogen-bond donors (Lipinski definition) is 1. The number of ether oxygens (including phenoxy) is 2. The number of carbonyl (C=O) groups excluding carboxylic acids is 2. The van der Waals surface area contributed by atoms with E-state index in [-0.39, 0.29) is 11.8 Å². The van der Waals surface area contributed by atoms with Gasteiger partial charge in [0.25, 0.3) is 0 Å². The average Bonchev–Trinajstić information content (AvgIpc) is 3.18. The fourth-order valence-corrected chi connectivity index (χ4v) is 3.84. The molecule has 156 valence electrons. The van der Waals surface area contributed by atoms with Gasteiger partial charge in [0, 0.05) is 31.3 Å². The maximum Gasteiger partial charge on any atom is 0.244 e. The predicted molar refractivity (Wildman–Crippen MR) is 116 cm³/mol. The van der Waals surface area contributed by atoms with Crippen molar-refractivity contribution in [3.05, 3.63) is 58.6 Å². The van der Waals surface area contributed by atoms with E-state index in [1.165, 1.54) is 6.08 Å². The molecule has 0 aromatic heterocycles. The molecule has 2 aromatic rings. The second-order valence-electron chi connectivity index (χ2n) is 7.22. The summed E-state index contributed by atoms with van der Waals surface area (Å²) in [7, 11) is 0. The zero-order chi connectivity index (χ0) is 20.9. The molecular weight excluding hydrogens is 404 g/mol. The minimum atomic E-state index is -0.169. The summed E-state index contributed by atoms with van der Waals surface area (Å²) in [5, 5.41) is 3.39. The van der Waals surface area contributed by atoms with Crippen molar-refractivity contribution in [1.29, 1.82) is 0 Å². The Morgan fingerprint density at radius 3 is 2.73 bits per heavy atom. The Labute approximate surface area is 180 Å². The Balaban J connectivity index is 1.27. The standard InChI is InChI=1S/C23H23ClN2O4/c24-19-14-17(15-20-23(19)30-13-12-29-20)9-10-25-21(27)8-5-16-3-6-18(7-4-16)26-11-1-2-22(26)28/h3-8,14-15H,1-2,9-13H2,(H,25,27)/b8-5+. The third-order valence-electron chi connectivity index (χ3n) is 5.07. The molecule has 4 rings (SSSR count). The lowest BCUT2D eigenvalue weighted by Gasteiger charge is -2.20. The molecule has 1 saturated heterocycles. The second kappa shape index (κ2) is 9.22. The Kier molecular flexibility index (Phi) is 6.23. The van der Waals surface area contributed by atoms with Crippen LogP contribution in [0.5, 0.6) is 11.5 Å². The van der Waals surface area contributed by atoms with Crippen LogP contribution >= 0.6 is 11.6 Å². The molecule has 0 spiro atoms. The van der Waals surface area contributed by atoms with Gasteiger partial charge >= 0.3 is 0 Å². The first-order chi connectivity index (χ1) is 14.6. The van der Waals surface area contributed by atoms with Gasteiger partial charge in [0.05, 0.1) is 5.02 Å². The van der Waals surface area contributed by atoms with Crippen LogP contribution < -0.4 is 19.7 Å². The van der Waals surface area contributed by atoms with Gasteiger partial charge in [-0.3, -0.25) is 9.59 Å². The van der Waals surface area contributed by atoms with E-state index in [0.29, 0.717) is 49.1 Å². The summed E-state index contributed by atoms with van der Waals surface area (Å²) in [6, 6.07) is 11.4. The van der Waals surface area contributed by atoms with Crippen molar-refractivity contribution in [2.75, 3.05) is 31.2 Å². The van der Waals surface area contributed by atoms with Crippen LogP contribution in [0.2, 0.25) is 5.02 Å². The predicted octanol–water partition coefficient (Wildman–Crippen LogP) is 3.61. The van der Waals surface area contributed by atoms with Crippen LogP contribution in [0, 0.1) is 0 Å². The van der Waals surface area contributed by atoms with Crippen molar-refractivity contribution in [2.24, 2.45) is 0 Å². The van der Waals surface area contributed by atoms with Gasteiger partial charge in [-0.05, 0) is 54.3 Å². The molecule has 2 aromatic carbocycles. The minimum absolute atomic E-state index is 0.164. The highest BCUT2D eigenvalue weighted by molar-refractivity contribution is 6.32. The molecule has 2 aliphatic rings. The summed E-state index contributed by atoms with van der Waals surface area (Å²) in [5.74, 6) is 1.22. The number of carbonyl (C=O) groups is 2. The Hall–Kier alpha value is -2.99. The van der Waals surface area contributed by atoms with Crippen molar-refractivity contribution < 1.29 is 19.1 Å². The zero-order valence-electron chi connectivity index (χ0n) is 16.5. The molecule has 2 heterocycles. The molecule has 0 bridgehead atoms. The fourth-order valence-electron chi connectivity index (χ4n) is 3.56. The molecule has 0 radical (unpaired) electrons. The zero-order valence-corrected chi connectivity index (χ0v) is 17.3. The molecule has 7 heteroatoms. The molecule has 1 fully saturated rings. The van der Waals surface area contributed by atoms with E-state index in [9.17, 15) is 9.59 Å². The highest BCUT2D eigenvalue weighted by atomic mass is 35.5. The van der Waals surface area contributed by atoms with Crippen molar-refractivity contribution in [3.63, 3.8) is 0 Å². The van der Waals surface area contributed by atoms with Crippen LogP contribution in [0.15, 0.2) is 42.5 Å². The minimum Gasteiger partial charge on any atom is -0.486 e. The molecule has 0 unspecified atom stereocenters. The highest BCUT2D eigenvalue weighted by Crippen LogP contribution is 2.38. The number of hydrogen-bond acceptors (Lipinski definition) is 4. The second-order valence-corrected chi connectivity index (χ2v) is 7.62. The van der Waals surface area contributed by atoms with E-state index in [1.807, 2.05) is 36.4 Å². The van der Waals surface area contributed by atoms with Gasteiger partial charge in [-0.25, -0.2) is 0 Å². The molecule has 0 saturated carbocycles. The quantitative estimate of drug-likeness (QED) is 0.716. The molecule has 30 heavy (non-hydrogen) atoms. The lowest BCUT2D eigenvalue weighted by Crippen LogP contribution is -2.23. The Morgan fingerprint density at radius 2 is 1.97 bits per heavy atom. The topological polar surface area (TPSA) is 67.9 Å². The number of halogens is 1. The van der Waals surface area contributed by atoms with Gasteiger partial charge in [-0.15, -0.1) is 0 Å². The van der Waals surface area contributed by atoms with E-state index >= 15 is 0 Å². The number of benzene rings is 2. The lowest BCUT2D eigenvalue weighted by atomic mass is 10.1. The first kappa shape index (κ1) is 20.3. The van der Waals surface area contributed by atoms with E-state index in [2.05, 4.69) is 5.32 Å². The summed E-state index contributed by atoms with van der Waals surface area (Å²) >= 11 is 6.24. The third-order valence-corrected chi connectivity index (χ3v) is 5.36. The summed E-state index contributed by atoms with van der Waals surface area (Å²) < 4.78 is 11.1. The maximum absolute atomic E-state index is 12.1. The monoisotopic (exact) mass is 426 g/mol. The highest BCUT2D eigenvalue weighted by Gasteiger charge is 2.21. The van der Waals surface area contributed by atoms with Crippen molar-refractivity contribution in [2.45, 2.75) is 19.3 Å². The van der Waals surface area contributed by atoms with Gasteiger partial charge in [0.1, 0.15) is 13.2 Å². The number of rotatable bonds is 6. The van der Waals surface area contributed by atoms with Crippen LogP contribution in [0.3, 0.4) is 0 Å². The number of amides is 2. The molecular formula is C23H23ClN2O4. The first-order valence-corrected chi connectivity index (χ1v) is 10.4. The van der Waals surface area contributed by atoms with E-state index < -0.39 is 0 Å². The summed E-state index contributed by atoms with van der Waals surface area (Å²) in [4.78, 5) is 25.7. The number of nitrogens with zero attached hydrogens (tertiary/aromatic N) is 1. The third kappa shape index (κ3) is 4.76. The van der Waals surface area contributed by atoms with Gasteiger partial charge < -0.3 is 19.7 Å². The van der Waals surface area contributed by atoms with Crippen molar-refractivity contribution in [1.82, 2.24) is 5.32 Å². The van der Waals surface area contributed by atoms with Crippen LogP contribution in [-0.4, -0.2) is 38.1 Å². The maximum atomic E-state index is 12.1. The molecule has 2 aliphatic heterocycles.